The summed E-state index contributed by atoms with van der Waals surface area (Å²) in [5, 5.41) is 0. The first-order valence-electron chi connectivity index (χ1n) is 10.4. The van der Waals surface area contributed by atoms with Gasteiger partial charge >= 0.3 is 12.2 Å². The molecule has 1 spiro atoms. The van der Waals surface area contributed by atoms with Crippen LogP contribution in [-0.2, 0) is 9.47 Å². The largest absolute Gasteiger partial charge is 0.444 e. The van der Waals surface area contributed by atoms with E-state index in [1.807, 2.05) is 25.7 Å². The van der Waals surface area contributed by atoms with Crippen LogP contribution in [0.15, 0.2) is 12.4 Å². The lowest BCUT2D eigenvalue weighted by atomic mass is 9.93. The molecule has 0 radical (unpaired) electrons. The van der Waals surface area contributed by atoms with E-state index in [0.29, 0.717) is 32.0 Å². The zero-order chi connectivity index (χ0) is 22.4. The summed E-state index contributed by atoms with van der Waals surface area (Å²) in [6, 6.07) is -0.0335. The molecular formula is C20H28N6O5. The molecule has 3 amide bonds. The number of hydrogen-bond acceptors (Lipinski definition) is 8. The molecule has 0 saturated carbocycles. The number of hydrogen-bond donors (Lipinski definition) is 1. The molecular weight excluding hydrogens is 404 g/mol. The van der Waals surface area contributed by atoms with Gasteiger partial charge in [-0.15, -0.1) is 0 Å². The predicted molar refractivity (Wildman–Crippen MR) is 110 cm³/mol. The van der Waals surface area contributed by atoms with Crippen molar-refractivity contribution in [1.82, 2.24) is 19.8 Å². The van der Waals surface area contributed by atoms with Gasteiger partial charge in [0.15, 0.2) is 5.60 Å². The van der Waals surface area contributed by atoms with Gasteiger partial charge in [0.1, 0.15) is 17.1 Å². The Balaban J connectivity index is 1.36. The summed E-state index contributed by atoms with van der Waals surface area (Å²) < 4.78 is 11.1. The van der Waals surface area contributed by atoms with Crippen molar-refractivity contribution in [2.75, 3.05) is 37.6 Å². The number of carbonyl (C=O) groups is 3. The molecule has 0 aliphatic carbocycles. The maximum absolute atomic E-state index is 12.6. The van der Waals surface area contributed by atoms with Gasteiger partial charge in [-0.2, -0.15) is 0 Å². The topological polar surface area (TPSA) is 131 Å². The fourth-order valence-electron chi connectivity index (χ4n) is 4.23. The Labute approximate surface area is 180 Å². The Morgan fingerprint density at radius 3 is 2.58 bits per heavy atom. The van der Waals surface area contributed by atoms with E-state index in [9.17, 15) is 14.4 Å². The minimum absolute atomic E-state index is 0.0335. The molecule has 1 aromatic heterocycles. The molecule has 31 heavy (non-hydrogen) atoms. The summed E-state index contributed by atoms with van der Waals surface area (Å²) in [5.74, 6) is 0.0123. The molecule has 11 nitrogen and oxygen atoms in total. The summed E-state index contributed by atoms with van der Waals surface area (Å²) in [6.07, 6.45) is 3.87. The highest BCUT2D eigenvalue weighted by atomic mass is 16.6. The highest BCUT2D eigenvalue weighted by Crippen LogP contribution is 2.35. The first-order chi connectivity index (χ1) is 14.6. The van der Waals surface area contributed by atoms with Gasteiger partial charge < -0.3 is 20.1 Å². The normalized spacial score (nSPS) is 22.9. The maximum atomic E-state index is 12.6. The van der Waals surface area contributed by atoms with Gasteiger partial charge in [-0.3, -0.25) is 14.6 Å². The van der Waals surface area contributed by atoms with Crippen LogP contribution in [0, 0.1) is 0 Å². The Kier molecular flexibility index (Phi) is 5.14. The molecule has 1 aromatic rings. The molecule has 4 rings (SSSR count). The summed E-state index contributed by atoms with van der Waals surface area (Å²) in [6.45, 7) is 7.93. The number of nitrogens with zero attached hydrogens (tertiary/aromatic N) is 5. The standard InChI is InChI=1S/C20H28N6O5/c1-19(2,3)30-17(28)25-10-20(11-25)12-26(18(29)31-20)13-5-4-6-24(9-13)15-8-22-14(7-23-15)16(21)27/h7-8,13H,4-6,9-12H2,1-3H3,(H2,21,27). The van der Waals surface area contributed by atoms with E-state index in [1.165, 1.54) is 12.4 Å². The van der Waals surface area contributed by atoms with Crippen molar-refractivity contribution in [3.05, 3.63) is 18.1 Å². The van der Waals surface area contributed by atoms with E-state index in [1.54, 1.807) is 9.80 Å². The second-order valence-electron chi connectivity index (χ2n) is 9.38. The monoisotopic (exact) mass is 432 g/mol. The summed E-state index contributed by atoms with van der Waals surface area (Å²) in [5.41, 5.74) is 4.10. The molecule has 168 valence electrons. The van der Waals surface area contributed by atoms with Crippen LogP contribution in [0.1, 0.15) is 44.1 Å². The average Bonchev–Trinajstić information content (AvgIpc) is 3.03. The molecule has 1 atom stereocenters. The van der Waals surface area contributed by atoms with Gasteiger partial charge in [0.2, 0.25) is 0 Å². The highest BCUT2D eigenvalue weighted by Gasteiger charge is 2.57. The summed E-state index contributed by atoms with van der Waals surface area (Å²) in [4.78, 5) is 49.7. The number of rotatable bonds is 3. The zero-order valence-corrected chi connectivity index (χ0v) is 18.0. The van der Waals surface area contributed by atoms with E-state index >= 15 is 0 Å². The number of ether oxygens (including phenoxy) is 2. The fourth-order valence-corrected chi connectivity index (χ4v) is 4.23. The van der Waals surface area contributed by atoms with Crippen molar-refractivity contribution in [3.8, 4) is 0 Å². The second kappa shape index (κ2) is 7.54. The molecule has 3 aliphatic heterocycles. The summed E-state index contributed by atoms with van der Waals surface area (Å²) >= 11 is 0. The number of nitrogens with two attached hydrogens (primary N) is 1. The lowest BCUT2D eigenvalue weighted by Crippen LogP contribution is -2.66. The van der Waals surface area contributed by atoms with Crippen LogP contribution in [0.25, 0.3) is 0 Å². The van der Waals surface area contributed by atoms with Crippen LogP contribution in [0.2, 0.25) is 0 Å². The van der Waals surface area contributed by atoms with Crippen molar-refractivity contribution >= 4 is 23.9 Å². The van der Waals surface area contributed by atoms with Crippen LogP contribution in [-0.4, -0.2) is 87.8 Å². The lowest BCUT2D eigenvalue weighted by Gasteiger charge is -2.45. The number of anilines is 1. The first-order valence-corrected chi connectivity index (χ1v) is 10.4. The molecule has 0 aromatic carbocycles. The van der Waals surface area contributed by atoms with Crippen LogP contribution in [0.5, 0.6) is 0 Å². The van der Waals surface area contributed by atoms with Crippen molar-refractivity contribution in [3.63, 3.8) is 0 Å². The van der Waals surface area contributed by atoms with Crippen LogP contribution in [0.4, 0.5) is 15.4 Å². The van der Waals surface area contributed by atoms with Gasteiger partial charge in [0.05, 0.1) is 38.1 Å². The number of likely N-dealkylation sites (tertiary alicyclic amines) is 1. The smallest absolute Gasteiger partial charge is 0.410 e. The molecule has 11 heteroatoms. The number of amides is 3. The van der Waals surface area contributed by atoms with Crippen molar-refractivity contribution < 1.29 is 23.9 Å². The minimum atomic E-state index is -0.667. The van der Waals surface area contributed by atoms with Crippen molar-refractivity contribution in [1.29, 1.82) is 0 Å². The zero-order valence-electron chi connectivity index (χ0n) is 18.0. The number of carbonyl (C=O) groups excluding carboxylic acids is 3. The molecule has 2 N–H and O–H groups in total. The third kappa shape index (κ3) is 4.35. The predicted octanol–water partition coefficient (Wildman–Crippen LogP) is 0.986. The van der Waals surface area contributed by atoms with Crippen molar-refractivity contribution in [2.24, 2.45) is 5.73 Å². The number of piperidine rings is 1. The number of primary amides is 1. The third-order valence-corrected chi connectivity index (χ3v) is 5.66. The van der Waals surface area contributed by atoms with Gasteiger partial charge in [-0.25, -0.2) is 19.6 Å². The second-order valence-corrected chi connectivity index (χ2v) is 9.38. The van der Waals surface area contributed by atoms with Crippen LogP contribution in [0.3, 0.4) is 0 Å². The molecule has 3 fully saturated rings. The SMILES string of the molecule is CC(C)(C)OC(=O)N1CC2(C1)CN(C1CCCN(c3cnc(C(N)=O)cn3)C1)C(=O)O2. The van der Waals surface area contributed by atoms with E-state index in [2.05, 4.69) is 9.97 Å². The Bertz CT molecular complexity index is 877. The molecule has 0 bridgehead atoms. The van der Waals surface area contributed by atoms with Gasteiger partial charge in [0.25, 0.3) is 5.91 Å². The van der Waals surface area contributed by atoms with E-state index in [-0.39, 0.29) is 17.8 Å². The molecule has 3 saturated heterocycles. The van der Waals surface area contributed by atoms with Crippen LogP contribution < -0.4 is 10.6 Å². The Morgan fingerprint density at radius 1 is 1.23 bits per heavy atom. The van der Waals surface area contributed by atoms with Crippen molar-refractivity contribution in [2.45, 2.75) is 50.9 Å². The quantitative estimate of drug-likeness (QED) is 0.748. The van der Waals surface area contributed by atoms with Gasteiger partial charge in [-0.1, -0.05) is 0 Å². The number of aromatic nitrogens is 2. The summed E-state index contributed by atoms with van der Waals surface area (Å²) in [7, 11) is 0. The maximum Gasteiger partial charge on any atom is 0.410 e. The van der Waals surface area contributed by atoms with Crippen LogP contribution >= 0.6 is 0 Å². The highest BCUT2D eigenvalue weighted by molar-refractivity contribution is 5.90. The molecule has 1 unspecified atom stereocenters. The third-order valence-electron chi connectivity index (χ3n) is 5.66. The lowest BCUT2D eigenvalue weighted by molar-refractivity contribution is -0.0789. The average molecular weight is 432 g/mol. The fraction of sp³-hybridized carbons (Fsp3) is 0.650. The van der Waals surface area contributed by atoms with Gasteiger partial charge in [-0.05, 0) is 33.6 Å². The van der Waals surface area contributed by atoms with Gasteiger partial charge in [0, 0.05) is 13.1 Å². The molecule has 4 heterocycles. The van der Waals surface area contributed by atoms with E-state index in [4.69, 9.17) is 15.2 Å². The Morgan fingerprint density at radius 2 is 1.97 bits per heavy atom. The first kappa shape index (κ1) is 21.1. The van der Waals surface area contributed by atoms with E-state index in [0.717, 1.165) is 19.4 Å². The van der Waals surface area contributed by atoms with E-state index < -0.39 is 23.2 Å². The minimum Gasteiger partial charge on any atom is -0.444 e. The Hall–Kier alpha value is -3.11. The molecule has 3 aliphatic rings.